The van der Waals surface area contributed by atoms with Crippen LogP contribution in [-0.2, 0) is 32.1 Å². The minimum Gasteiger partial charge on any atom is -0.147 e. The molecule has 6 rings (SSSR count). The summed E-state index contributed by atoms with van der Waals surface area (Å²) >= 11 is -2.70. The van der Waals surface area contributed by atoms with Crippen LogP contribution in [0.25, 0.3) is 11.1 Å². The van der Waals surface area contributed by atoms with Gasteiger partial charge in [0.1, 0.15) is 0 Å². The molecule has 2 aliphatic carbocycles. The summed E-state index contributed by atoms with van der Waals surface area (Å²) in [7, 11) is 0. The number of halogens is 2. The maximum absolute atomic E-state index is 2.70. The molecule has 3 heteroatoms. The van der Waals surface area contributed by atoms with Crippen molar-refractivity contribution < 1.29 is 21.3 Å². The summed E-state index contributed by atoms with van der Waals surface area (Å²) in [5.74, 6) is 0. The third-order valence-electron chi connectivity index (χ3n) is 9.10. The van der Waals surface area contributed by atoms with Crippen LogP contribution in [0.3, 0.4) is 0 Å². The molecule has 2 aliphatic rings. The molecule has 4 aromatic rings. The monoisotopic (exact) mass is 698 g/mol. The second kappa shape index (κ2) is 13.2. The molecular formula is C41H46Cl2Zr. The van der Waals surface area contributed by atoms with Crippen LogP contribution >= 0.6 is 24.8 Å². The van der Waals surface area contributed by atoms with Crippen LogP contribution in [0.2, 0.25) is 0 Å². The van der Waals surface area contributed by atoms with Crippen molar-refractivity contribution in [1.29, 1.82) is 0 Å². The summed E-state index contributed by atoms with van der Waals surface area (Å²) in [5.41, 5.74) is 14.5. The van der Waals surface area contributed by atoms with Crippen LogP contribution in [-0.4, -0.2) is 3.21 Å². The van der Waals surface area contributed by atoms with E-state index in [1.807, 2.05) is 0 Å². The van der Waals surface area contributed by atoms with Crippen molar-refractivity contribution in [3.8, 4) is 11.1 Å². The molecular weight excluding hydrogens is 655 g/mol. The SMILES string of the molecule is Cc1ccc([C](c2ccc(C)cc2)=[Zr]([C]2=CC=CC2)[CH]2c3cc(C(C)(C)C)ccc3-c3ccc(C(C)(C)C)cc32)cc1.Cl.Cl. The first-order valence-corrected chi connectivity index (χ1v) is 19.3. The third kappa shape index (κ3) is 6.63. The molecule has 0 nitrogen and oxygen atoms in total. The standard InChI is InChI=1S/C21H25.C15H14.C5H5.2ClH.Zr/c1-20(2,3)16-7-9-18-14(12-16)11-15-13-17(21(4,5)6)8-10-19(15)18;1-12-3-7-14(8-4-12)11-15-9-5-13(2)6-10-15;1-2-4-5-3-1;;;/h7-13H,1-6H3;3-10H,1-2H3;1-3H,4H2;2*1H;. The third-order valence-corrected chi connectivity index (χ3v) is 17.4. The van der Waals surface area contributed by atoms with Crippen molar-refractivity contribution in [2.24, 2.45) is 0 Å². The molecule has 0 bridgehead atoms. The Bertz CT molecular complexity index is 1640. The maximum Gasteiger partial charge on any atom is -0.147 e. The van der Waals surface area contributed by atoms with Crippen molar-refractivity contribution in [1.82, 2.24) is 0 Å². The summed E-state index contributed by atoms with van der Waals surface area (Å²) in [5, 5.41) is 0. The average Bonchev–Trinajstić information content (AvgIpc) is 3.58. The number of hydrogen-bond donors (Lipinski definition) is 0. The Morgan fingerprint density at radius 3 is 1.41 bits per heavy atom. The van der Waals surface area contributed by atoms with Crippen LogP contribution < -0.4 is 0 Å². The number of benzene rings is 4. The Morgan fingerprint density at radius 2 is 1.05 bits per heavy atom. The van der Waals surface area contributed by atoms with Crippen molar-refractivity contribution in [2.75, 3.05) is 0 Å². The summed E-state index contributed by atoms with van der Waals surface area (Å²) in [6.45, 7) is 18.5. The minimum absolute atomic E-state index is 0. The molecule has 0 unspecified atom stereocenters. The van der Waals surface area contributed by atoms with Gasteiger partial charge in [0.05, 0.1) is 0 Å². The zero-order valence-electron chi connectivity index (χ0n) is 27.4. The Labute approximate surface area is 285 Å². The molecule has 0 N–H and O–H groups in total. The molecule has 4 aromatic carbocycles. The molecule has 0 fully saturated rings. The smallest absolute Gasteiger partial charge is 0.147 e. The van der Waals surface area contributed by atoms with Crippen LogP contribution in [0.5, 0.6) is 0 Å². The predicted molar refractivity (Wildman–Crippen MR) is 193 cm³/mol. The second-order valence-corrected chi connectivity index (χ2v) is 20.6. The van der Waals surface area contributed by atoms with Crippen molar-refractivity contribution in [3.63, 3.8) is 0 Å². The normalized spacial score (nSPS) is 13.9. The van der Waals surface area contributed by atoms with E-state index in [0.717, 1.165) is 6.42 Å². The van der Waals surface area contributed by atoms with E-state index in [1.54, 1.807) is 17.6 Å². The van der Waals surface area contributed by atoms with E-state index in [-0.39, 0.29) is 35.6 Å². The maximum atomic E-state index is 2.59. The molecule has 228 valence electrons. The Kier molecular flexibility index (Phi) is 10.4. The molecule has 0 spiro atoms. The number of rotatable bonds is 4. The molecule has 0 amide bonds. The molecule has 0 saturated carbocycles. The van der Waals surface area contributed by atoms with Gasteiger partial charge < -0.3 is 0 Å². The van der Waals surface area contributed by atoms with Gasteiger partial charge in [0, 0.05) is 0 Å². The average molecular weight is 701 g/mol. The summed E-state index contributed by atoms with van der Waals surface area (Å²) in [6.07, 6.45) is 8.25. The van der Waals surface area contributed by atoms with Gasteiger partial charge in [-0.3, -0.25) is 0 Å². The van der Waals surface area contributed by atoms with E-state index in [2.05, 4.69) is 159 Å². The molecule has 0 aliphatic heterocycles. The quantitative estimate of drug-likeness (QED) is 0.199. The number of allylic oxidation sites excluding steroid dienone is 4. The van der Waals surface area contributed by atoms with E-state index >= 15 is 0 Å². The Hall–Kier alpha value is -2.31. The van der Waals surface area contributed by atoms with E-state index in [0.29, 0.717) is 3.63 Å². The molecule has 0 atom stereocenters. The topological polar surface area (TPSA) is 0 Å². The van der Waals surface area contributed by atoms with Crippen molar-refractivity contribution >= 4 is 28.0 Å². The zero-order valence-corrected chi connectivity index (χ0v) is 31.5. The van der Waals surface area contributed by atoms with Crippen molar-refractivity contribution in [2.45, 2.75) is 76.3 Å². The molecule has 44 heavy (non-hydrogen) atoms. The summed E-state index contributed by atoms with van der Waals surface area (Å²) in [6, 6.07) is 33.6. The van der Waals surface area contributed by atoms with E-state index in [9.17, 15) is 0 Å². The van der Waals surface area contributed by atoms with Crippen molar-refractivity contribution in [3.05, 3.63) is 151 Å². The predicted octanol–water partition coefficient (Wildman–Crippen LogP) is 11.5. The largest absolute Gasteiger partial charge is 0.147 e. The fourth-order valence-corrected chi connectivity index (χ4v) is 15.5. The van der Waals surface area contributed by atoms with E-state index in [4.69, 9.17) is 0 Å². The minimum atomic E-state index is -2.70. The number of hydrogen-bond acceptors (Lipinski definition) is 0. The van der Waals surface area contributed by atoms with Crippen LogP contribution in [0.15, 0.2) is 106 Å². The second-order valence-electron chi connectivity index (χ2n) is 14.4. The first-order valence-electron chi connectivity index (χ1n) is 15.5. The first-order chi connectivity index (χ1) is 19.9. The fraction of sp³-hybridized carbons (Fsp3) is 0.293. The van der Waals surface area contributed by atoms with Crippen LogP contribution in [0.1, 0.15) is 96.1 Å². The first kappa shape index (κ1) is 34.6. The molecule has 0 radical (unpaired) electrons. The number of aryl methyl sites for hydroxylation is 2. The van der Waals surface area contributed by atoms with Gasteiger partial charge in [-0.25, -0.2) is 0 Å². The van der Waals surface area contributed by atoms with Crippen LogP contribution in [0, 0.1) is 13.8 Å². The van der Waals surface area contributed by atoms with E-state index in [1.165, 1.54) is 44.5 Å². The molecule has 0 aromatic heterocycles. The van der Waals surface area contributed by atoms with Gasteiger partial charge in [0.2, 0.25) is 0 Å². The van der Waals surface area contributed by atoms with Crippen LogP contribution in [0.4, 0.5) is 0 Å². The van der Waals surface area contributed by atoms with Gasteiger partial charge in [-0.15, -0.1) is 24.8 Å². The van der Waals surface area contributed by atoms with Gasteiger partial charge in [-0.05, 0) is 0 Å². The van der Waals surface area contributed by atoms with E-state index < -0.39 is 21.3 Å². The van der Waals surface area contributed by atoms with Gasteiger partial charge >= 0.3 is 263 Å². The molecule has 0 heterocycles. The fourth-order valence-electron chi connectivity index (χ4n) is 6.56. The summed E-state index contributed by atoms with van der Waals surface area (Å²) < 4.78 is 3.74. The molecule has 0 saturated heterocycles. The number of fused-ring (bicyclic) bond motifs is 3. The van der Waals surface area contributed by atoms with Gasteiger partial charge in [0.25, 0.3) is 0 Å². The zero-order chi connectivity index (χ0) is 29.8. The van der Waals surface area contributed by atoms with Gasteiger partial charge in [-0.2, -0.15) is 0 Å². The van der Waals surface area contributed by atoms with Gasteiger partial charge in [-0.1, -0.05) is 0 Å². The Balaban J connectivity index is 0.00000221. The van der Waals surface area contributed by atoms with Gasteiger partial charge in [0.15, 0.2) is 0 Å². The Morgan fingerprint density at radius 1 is 0.614 bits per heavy atom. The summed E-state index contributed by atoms with van der Waals surface area (Å²) in [4.78, 5) is 0.